The first-order chi connectivity index (χ1) is 14.1. The third kappa shape index (κ3) is 4.93. The summed E-state index contributed by atoms with van der Waals surface area (Å²) in [5.41, 5.74) is -3.56. The Balaban J connectivity index is 2.00. The van der Waals surface area contributed by atoms with E-state index < -0.39 is 21.4 Å². The predicted molar refractivity (Wildman–Crippen MR) is 103 cm³/mol. The Kier molecular flexibility index (Phi) is 6.06. The number of hydrogen-bond acceptors (Lipinski definition) is 5. The van der Waals surface area contributed by atoms with Gasteiger partial charge in [0.1, 0.15) is 17.1 Å². The van der Waals surface area contributed by atoms with E-state index in [0.717, 1.165) is 11.6 Å². The van der Waals surface area contributed by atoms with E-state index in [1.165, 1.54) is 19.1 Å². The van der Waals surface area contributed by atoms with Gasteiger partial charge in [-0.25, -0.2) is 0 Å². The Labute approximate surface area is 170 Å². The molecule has 30 heavy (non-hydrogen) atoms. The van der Waals surface area contributed by atoms with Crippen molar-refractivity contribution in [2.24, 2.45) is 0 Å². The van der Waals surface area contributed by atoms with Crippen molar-refractivity contribution in [3.8, 4) is 5.75 Å². The lowest BCUT2D eigenvalue weighted by Gasteiger charge is -2.09. The van der Waals surface area contributed by atoms with E-state index in [-0.39, 0.29) is 12.5 Å². The van der Waals surface area contributed by atoms with Crippen LogP contribution in [0.4, 0.5) is 13.2 Å². The lowest BCUT2D eigenvalue weighted by Crippen LogP contribution is -2.28. The Morgan fingerprint density at radius 1 is 1.13 bits per heavy atom. The van der Waals surface area contributed by atoms with Crippen molar-refractivity contribution in [2.45, 2.75) is 25.3 Å². The first kappa shape index (κ1) is 21.7. The van der Waals surface area contributed by atoms with Crippen molar-refractivity contribution < 1.29 is 35.0 Å². The molecule has 0 aliphatic rings. The van der Waals surface area contributed by atoms with Crippen LogP contribution in [0, 0.1) is 0 Å². The van der Waals surface area contributed by atoms with E-state index >= 15 is 0 Å². The quantitative estimate of drug-likeness (QED) is 0.444. The van der Waals surface area contributed by atoms with Crippen LogP contribution < -0.4 is 9.50 Å². The van der Waals surface area contributed by atoms with Gasteiger partial charge in [-0.3, -0.25) is 4.79 Å². The molecule has 0 bridgehead atoms. The molecule has 6 nitrogen and oxygen atoms in total. The van der Waals surface area contributed by atoms with Crippen molar-refractivity contribution in [3.63, 3.8) is 0 Å². The molecule has 0 unspecified atom stereocenters. The highest BCUT2D eigenvalue weighted by molar-refractivity contribution is 7.88. The summed E-state index contributed by atoms with van der Waals surface area (Å²) in [6.45, 7) is 1.64. The maximum atomic E-state index is 12.6. The fourth-order valence-electron chi connectivity index (χ4n) is 2.97. The average molecular weight is 441 g/mol. The Hall–Kier alpha value is -3.01. The molecule has 0 aliphatic heterocycles. The number of hydrogen-bond donors (Lipinski definition) is 1. The van der Waals surface area contributed by atoms with Crippen LogP contribution in [0.5, 0.6) is 5.75 Å². The van der Waals surface area contributed by atoms with Gasteiger partial charge in [-0.15, -0.1) is 0 Å². The Bertz CT molecular complexity index is 1150. The van der Waals surface area contributed by atoms with Gasteiger partial charge in [0.2, 0.25) is 5.91 Å². The second-order valence-corrected chi connectivity index (χ2v) is 8.08. The topological polar surface area (TPSA) is 85.6 Å². The van der Waals surface area contributed by atoms with Gasteiger partial charge in [-0.2, -0.15) is 21.6 Å². The average Bonchev–Trinajstić information content (AvgIpc) is 2.98. The summed E-state index contributed by atoms with van der Waals surface area (Å²) in [5.74, 6) is -0.141. The minimum absolute atomic E-state index is 0.229. The Morgan fingerprint density at radius 3 is 2.47 bits per heavy atom. The fourth-order valence-corrected chi connectivity index (χ4v) is 3.42. The number of rotatable bonds is 7. The van der Waals surface area contributed by atoms with Gasteiger partial charge in [0.25, 0.3) is 0 Å². The van der Waals surface area contributed by atoms with Gasteiger partial charge in [-0.05, 0) is 30.2 Å². The molecule has 1 amide bonds. The highest BCUT2D eigenvalue weighted by Gasteiger charge is 2.48. The molecule has 2 aromatic carbocycles. The highest BCUT2D eigenvalue weighted by atomic mass is 32.2. The van der Waals surface area contributed by atoms with E-state index in [9.17, 15) is 26.4 Å². The number of benzene rings is 2. The second kappa shape index (κ2) is 8.39. The summed E-state index contributed by atoms with van der Waals surface area (Å²) in [5, 5.41) is 3.07. The summed E-state index contributed by atoms with van der Waals surface area (Å²) in [4.78, 5) is 11.2. The molecule has 0 atom stereocenters. The highest BCUT2D eigenvalue weighted by Crippen LogP contribution is 2.33. The van der Waals surface area contributed by atoms with Gasteiger partial charge in [0.15, 0.2) is 0 Å². The van der Waals surface area contributed by atoms with Crippen molar-refractivity contribution in [1.29, 1.82) is 0 Å². The minimum Gasteiger partial charge on any atom is -0.460 e. The summed E-state index contributed by atoms with van der Waals surface area (Å²) >= 11 is 0. The zero-order chi connectivity index (χ0) is 21.9. The standard InChI is InChI=1S/C20H18F3NO5S/c1-13(25)24-10-9-16-17-12-15(29-30(26,27)20(21,22)23)7-8-18(17)28-19(16)11-14-5-3-2-4-6-14/h2-8,12H,9-11H2,1H3,(H,24,25). The zero-order valence-electron chi connectivity index (χ0n) is 15.8. The molecule has 10 heteroatoms. The van der Waals surface area contributed by atoms with Crippen LogP contribution in [0.3, 0.4) is 0 Å². The number of nitrogens with one attached hydrogen (secondary N) is 1. The lowest BCUT2D eigenvalue weighted by molar-refractivity contribution is -0.118. The lowest BCUT2D eigenvalue weighted by atomic mass is 10.0. The van der Waals surface area contributed by atoms with Crippen molar-refractivity contribution in [1.82, 2.24) is 5.32 Å². The number of alkyl halides is 3. The van der Waals surface area contributed by atoms with E-state index in [1.54, 1.807) is 0 Å². The molecular weight excluding hydrogens is 423 g/mol. The second-order valence-electron chi connectivity index (χ2n) is 6.54. The number of amides is 1. The normalized spacial score (nSPS) is 12.1. The molecule has 1 heterocycles. The van der Waals surface area contributed by atoms with E-state index in [4.69, 9.17) is 4.42 Å². The van der Waals surface area contributed by atoms with Crippen LogP contribution in [-0.2, 0) is 27.8 Å². The third-order valence-electron chi connectivity index (χ3n) is 4.29. The zero-order valence-corrected chi connectivity index (χ0v) is 16.6. The maximum Gasteiger partial charge on any atom is 0.534 e. The van der Waals surface area contributed by atoms with Gasteiger partial charge in [0, 0.05) is 30.8 Å². The predicted octanol–water partition coefficient (Wildman–Crippen LogP) is 3.93. The molecule has 1 N–H and O–H groups in total. The molecule has 0 spiro atoms. The SMILES string of the molecule is CC(=O)NCCc1c(Cc2ccccc2)oc2ccc(OS(=O)(=O)C(F)(F)F)cc12. The molecule has 0 fully saturated rings. The minimum atomic E-state index is -5.79. The van der Waals surface area contributed by atoms with E-state index in [2.05, 4.69) is 9.50 Å². The smallest absolute Gasteiger partial charge is 0.460 e. The maximum absolute atomic E-state index is 12.6. The molecule has 3 aromatic rings. The number of carbonyl (C=O) groups is 1. The fraction of sp³-hybridized carbons (Fsp3) is 0.250. The number of carbonyl (C=O) groups excluding carboxylic acids is 1. The van der Waals surface area contributed by atoms with Gasteiger partial charge >= 0.3 is 15.6 Å². The molecule has 160 valence electrons. The van der Waals surface area contributed by atoms with Crippen LogP contribution >= 0.6 is 0 Å². The number of fused-ring (bicyclic) bond motifs is 1. The van der Waals surface area contributed by atoms with Gasteiger partial charge in [0.05, 0.1) is 0 Å². The van der Waals surface area contributed by atoms with Crippen LogP contribution in [0.1, 0.15) is 23.8 Å². The van der Waals surface area contributed by atoms with E-state index in [0.29, 0.717) is 35.1 Å². The molecule has 0 saturated heterocycles. The number of furan rings is 1. The molecule has 0 aliphatic carbocycles. The van der Waals surface area contributed by atoms with Gasteiger partial charge in [-0.1, -0.05) is 30.3 Å². The first-order valence-corrected chi connectivity index (χ1v) is 10.3. The van der Waals surface area contributed by atoms with E-state index in [1.807, 2.05) is 30.3 Å². The molecule has 0 saturated carbocycles. The monoisotopic (exact) mass is 441 g/mol. The molecular formula is C20H18F3NO5S. The summed E-state index contributed by atoms with van der Waals surface area (Å²) in [6, 6.07) is 13.0. The molecule has 3 rings (SSSR count). The molecule has 1 aromatic heterocycles. The van der Waals surface area contributed by atoms with Crippen LogP contribution in [0.2, 0.25) is 0 Å². The first-order valence-electron chi connectivity index (χ1n) is 8.90. The third-order valence-corrected chi connectivity index (χ3v) is 5.27. The van der Waals surface area contributed by atoms with Crippen molar-refractivity contribution in [2.75, 3.05) is 6.54 Å². The number of halogens is 3. The summed E-state index contributed by atoms with van der Waals surface area (Å²) in [6.07, 6.45) is 0.756. The van der Waals surface area contributed by atoms with Gasteiger partial charge < -0.3 is 13.9 Å². The Morgan fingerprint density at radius 2 is 1.83 bits per heavy atom. The van der Waals surface area contributed by atoms with Crippen molar-refractivity contribution >= 4 is 27.0 Å². The van der Waals surface area contributed by atoms with Crippen LogP contribution in [0.15, 0.2) is 52.9 Å². The summed E-state index contributed by atoms with van der Waals surface area (Å²) in [7, 11) is -5.79. The summed E-state index contributed by atoms with van der Waals surface area (Å²) < 4.78 is 70.6. The van der Waals surface area contributed by atoms with Crippen LogP contribution in [0.25, 0.3) is 11.0 Å². The largest absolute Gasteiger partial charge is 0.534 e. The molecule has 0 radical (unpaired) electrons. The van der Waals surface area contributed by atoms with Crippen molar-refractivity contribution in [3.05, 3.63) is 65.4 Å². The van der Waals surface area contributed by atoms with Crippen LogP contribution in [-0.4, -0.2) is 26.4 Å².